The first-order valence-corrected chi connectivity index (χ1v) is 12.7. The summed E-state index contributed by atoms with van der Waals surface area (Å²) in [6.07, 6.45) is 0.633. The van der Waals surface area contributed by atoms with Crippen molar-refractivity contribution in [3.05, 3.63) is 95.8 Å². The highest BCUT2D eigenvalue weighted by Crippen LogP contribution is 2.30. The Morgan fingerprint density at radius 3 is 2.43 bits per heavy atom. The molecule has 0 bridgehead atoms. The van der Waals surface area contributed by atoms with Crippen molar-refractivity contribution in [2.24, 2.45) is 4.99 Å². The molecule has 190 valence electrons. The van der Waals surface area contributed by atoms with Crippen molar-refractivity contribution < 1.29 is 23.5 Å². The number of hydrogen-bond acceptors (Lipinski definition) is 6. The Bertz CT molecular complexity index is 1280. The minimum absolute atomic E-state index is 0.00724. The second-order valence-corrected chi connectivity index (χ2v) is 9.42. The third-order valence-corrected chi connectivity index (χ3v) is 6.80. The number of rotatable bonds is 8. The number of benzene rings is 3. The third kappa shape index (κ3) is 7.04. The number of amides is 2. The molecule has 3 aromatic carbocycles. The number of carbonyl (C=O) groups is 3. The van der Waals surface area contributed by atoms with Gasteiger partial charge in [0, 0.05) is 18.7 Å². The maximum Gasteiger partial charge on any atom is 0.338 e. The monoisotopic (exact) mass is 519 g/mol. The Morgan fingerprint density at radius 2 is 1.76 bits per heavy atom. The van der Waals surface area contributed by atoms with Gasteiger partial charge in [0.2, 0.25) is 11.8 Å². The molecule has 0 aromatic heterocycles. The Kier molecular flexibility index (Phi) is 8.68. The molecule has 0 radical (unpaired) electrons. The molecule has 0 saturated carbocycles. The van der Waals surface area contributed by atoms with Crippen LogP contribution in [0.3, 0.4) is 0 Å². The molecule has 1 heterocycles. The van der Waals surface area contributed by atoms with Crippen LogP contribution in [-0.4, -0.2) is 46.3 Å². The molecule has 37 heavy (non-hydrogen) atoms. The zero-order valence-electron chi connectivity index (χ0n) is 20.2. The van der Waals surface area contributed by atoms with Gasteiger partial charge in [0.25, 0.3) is 0 Å². The van der Waals surface area contributed by atoms with Crippen molar-refractivity contribution in [2.75, 3.05) is 18.5 Å². The zero-order chi connectivity index (χ0) is 26.2. The summed E-state index contributed by atoms with van der Waals surface area (Å²) >= 11 is 1.20. The van der Waals surface area contributed by atoms with Gasteiger partial charge in [0.05, 0.1) is 17.9 Å². The SMILES string of the molecule is CCOC(=O)c1ccc(N=C2SC(C(=O)Nc3ccc(F)cc3)CC(=O)N2CCc2ccccc2)cc1. The smallest absolute Gasteiger partial charge is 0.338 e. The van der Waals surface area contributed by atoms with E-state index in [9.17, 15) is 18.8 Å². The number of ether oxygens (including phenoxy) is 1. The van der Waals surface area contributed by atoms with E-state index in [0.717, 1.165) is 5.56 Å². The summed E-state index contributed by atoms with van der Waals surface area (Å²) < 4.78 is 18.2. The van der Waals surface area contributed by atoms with Gasteiger partial charge < -0.3 is 10.1 Å². The Labute approximate surface area is 218 Å². The predicted octanol–water partition coefficient (Wildman–Crippen LogP) is 5.21. The summed E-state index contributed by atoms with van der Waals surface area (Å²) in [4.78, 5) is 44.4. The number of halogens is 1. The third-order valence-electron chi connectivity index (χ3n) is 5.61. The molecule has 0 aliphatic carbocycles. The van der Waals surface area contributed by atoms with Crippen molar-refractivity contribution in [1.29, 1.82) is 0 Å². The van der Waals surface area contributed by atoms with Crippen LogP contribution in [0.15, 0.2) is 83.9 Å². The lowest BCUT2D eigenvalue weighted by Crippen LogP contribution is -2.46. The second-order valence-electron chi connectivity index (χ2n) is 8.25. The lowest BCUT2D eigenvalue weighted by Gasteiger charge is -2.32. The number of amidine groups is 1. The van der Waals surface area contributed by atoms with Crippen LogP contribution < -0.4 is 5.32 Å². The van der Waals surface area contributed by atoms with Crippen molar-refractivity contribution >= 4 is 46.1 Å². The standard InChI is InChI=1S/C28H26FN3O4S/c1-2-36-27(35)20-8-12-23(13-9-20)31-28-32(17-16-19-6-4-3-5-7-19)25(33)18-24(37-28)26(34)30-22-14-10-21(29)11-15-22/h3-15,24H,2,16-18H2,1H3,(H,30,34). The molecule has 1 atom stereocenters. The van der Waals surface area contributed by atoms with E-state index in [1.165, 1.54) is 36.0 Å². The van der Waals surface area contributed by atoms with E-state index in [0.29, 0.717) is 35.1 Å². The molecule has 0 spiro atoms. The number of nitrogens with zero attached hydrogens (tertiary/aromatic N) is 2. The largest absolute Gasteiger partial charge is 0.462 e. The average Bonchev–Trinajstić information content (AvgIpc) is 2.90. The molecule has 1 fully saturated rings. The molecule has 1 aliphatic heterocycles. The summed E-state index contributed by atoms with van der Waals surface area (Å²) in [6.45, 7) is 2.42. The van der Waals surface area contributed by atoms with Crippen molar-refractivity contribution in [3.8, 4) is 0 Å². The molecular weight excluding hydrogens is 493 g/mol. The average molecular weight is 520 g/mol. The van der Waals surface area contributed by atoms with Crippen molar-refractivity contribution in [1.82, 2.24) is 4.90 Å². The molecule has 1 N–H and O–H groups in total. The van der Waals surface area contributed by atoms with E-state index in [-0.39, 0.29) is 24.8 Å². The van der Waals surface area contributed by atoms with Crippen molar-refractivity contribution in [2.45, 2.75) is 25.0 Å². The van der Waals surface area contributed by atoms with Crippen LogP contribution in [0.2, 0.25) is 0 Å². The molecule has 7 nitrogen and oxygen atoms in total. The minimum atomic E-state index is -0.705. The number of carbonyl (C=O) groups excluding carboxylic acids is 3. The van der Waals surface area contributed by atoms with E-state index in [2.05, 4.69) is 10.3 Å². The van der Waals surface area contributed by atoms with Crippen LogP contribution in [0.1, 0.15) is 29.3 Å². The molecule has 1 aliphatic rings. The normalized spacial score (nSPS) is 16.5. The number of anilines is 1. The van der Waals surface area contributed by atoms with Gasteiger partial charge in [0.1, 0.15) is 11.1 Å². The lowest BCUT2D eigenvalue weighted by atomic mass is 10.1. The van der Waals surface area contributed by atoms with Crippen molar-refractivity contribution in [3.63, 3.8) is 0 Å². The van der Waals surface area contributed by atoms with E-state index in [1.54, 1.807) is 36.1 Å². The van der Waals surface area contributed by atoms with E-state index < -0.39 is 17.0 Å². The second kappa shape index (κ2) is 12.3. The molecule has 2 amide bonds. The van der Waals surface area contributed by atoms with Gasteiger partial charge in [-0.2, -0.15) is 0 Å². The van der Waals surface area contributed by atoms with E-state index >= 15 is 0 Å². The first-order chi connectivity index (χ1) is 17.9. The number of nitrogens with one attached hydrogen (secondary N) is 1. The van der Waals surface area contributed by atoms with Crippen LogP contribution in [-0.2, 0) is 20.7 Å². The molecule has 1 saturated heterocycles. The van der Waals surface area contributed by atoms with Gasteiger partial charge in [-0.1, -0.05) is 42.1 Å². The fourth-order valence-electron chi connectivity index (χ4n) is 3.70. The summed E-state index contributed by atoms with van der Waals surface area (Å²) in [5.74, 6) is -1.41. The first kappa shape index (κ1) is 26.1. The van der Waals surface area contributed by atoms with Crippen LogP contribution >= 0.6 is 11.8 Å². The Balaban J connectivity index is 1.55. The fourth-order valence-corrected chi connectivity index (χ4v) is 4.82. The van der Waals surface area contributed by atoms with Crippen LogP contribution in [0, 0.1) is 5.82 Å². The summed E-state index contributed by atoms with van der Waals surface area (Å²) in [5, 5.41) is 2.44. The maximum atomic E-state index is 13.2. The number of hydrogen-bond donors (Lipinski definition) is 1. The predicted molar refractivity (Wildman–Crippen MR) is 142 cm³/mol. The molecule has 1 unspecified atom stereocenters. The molecule has 4 rings (SSSR count). The lowest BCUT2D eigenvalue weighted by molar-refractivity contribution is -0.129. The van der Waals surface area contributed by atoms with Gasteiger partial charge >= 0.3 is 5.97 Å². The number of thioether (sulfide) groups is 1. The molecule has 3 aromatic rings. The molecular formula is C28H26FN3O4S. The van der Waals surface area contributed by atoms with Crippen LogP contribution in [0.5, 0.6) is 0 Å². The fraction of sp³-hybridized carbons (Fsp3) is 0.214. The Morgan fingerprint density at radius 1 is 1.05 bits per heavy atom. The van der Waals surface area contributed by atoms with Gasteiger partial charge in [-0.25, -0.2) is 14.2 Å². The quantitative estimate of drug-likeness (QED) is 0.413. The van der Waals surface area contributed by atoms with Crippen LogP contribution in [0.4, 0.5) is 15.8 Å². The van der Waals surface area contributed by atoms with Crippen LogP contribution in [0.25, 0.3) is 0 Å². The van der Waals surface area contributed by atoms with Gasteiger partial charge in [0.15, 0.2) is 5.17 Å². The first-order valence-electron chi connectivity index (χ1n) is 11.9. The van der Waals surface area contributed by atoms with Gasteiger partial charge in [-0.05, 0) is 67.4 Å². The minimum Gasteiger partial charge on any atom is -0.462 e. The highest BCUT2D eigenvalue weighted by molar-refractivity contribution is 8.15. The highest BCUT2D eigenvalue weighted by atomic mass is 32.2. The summed E-state index contributed by atoms with van der Waals surface area (Å²) in [6, 6.07) is 21.8. The summed E-state index contributed by atoms with van der Waals surface area (Å²) in [7, 11) is 0. The zero-order valence-corrected chi connectivity index (χ0v) is 21.0. The topological polar surface area (TPSA) is 88.1 Å². The van der Waals surface area contributed by atoms with Gasteiger partial charge in [-0.15, -0.1) is 0 Å². The molecule has 9 heteroatoms. The van der Waals surface area contributed by atoms with E-state index in [4.69, 9.17) is 4.74 Å². The Hall–Kier alpha value is -3.98. The number of aliphatic imine (C=N–C) groups is 1. The maximum absolute atomic E-state index is 13.2. The van der Waals surface area contributed by atoms with E-state index in [1.807, 2.05) is 30.3 Å². The summed E-state index contributed by atoms with van der Waals surface area (Å²) in [5.41, 5.74) is 2.46. The highest BCUT2D eigenvalue weighted by Gasteiger charge is 2.35. The van der Waals surface area contributed by atoms with Gasteiger partial charge in [-0.3, -0.25) is 14.5 Å². The number of esters is 1.